The van der Waals surface area contributed by atoms with Crippen molar-refractivity contribution in [2.24, 2.45) is 5.41 Å². The van der Waals surface area contributed by atoms with Crippen LogP contribution in [0.15, 0.2) is 12.1 Å². The predicted molar refractivity (Wildman–Crippen MR) is 81.6 cm³/mol. The Morgan fingerprint density at radius 3 is 2.15 bits per heavy atom. The molecule has 112 valence electrons. The van der Waals surface area contributed by atoms with E-state index < -0.39 is 11.4 Å². The second-order valence-electron chi connectivity index (χ2n) is 7.09. The summed E-state index contributed by atoms with van der Waals surface area (Å²) >= 11 is 0. The summed E-state index contributed by atoms with van der Waals surface area (Å²) in [5.74, 6) is 0.0510. The van der Waals surface area contributed by atoms with Crippen molar-refractivity contribution < 1.29 is 14.6 Å². The number of benzene rings is 1. The SMILES string of the molecule is COc1cc(CC(C)(C)C(=O)O)c(C)cc1C(C)(C)C. The van der Waals surface area contributed by atoms with Gasteiger partial charge in [-0.15, -0.1) is 0 Å². The van der Waals surface area contributed by atoms with Gasteiger partial charge in [0.1, 0.15) is 5.75 Å². The molecule has 0 aromatic heterocycles. The van der Waals surface area contributed by atoms with Crippen molar-refractivity contribution in [3.05, 3.63) is 28.8 Å². The molecule has 1 aromatic rings. The number of methoxy groups -OCH3 is 1. The Morgan fingerprint density at radius 2 is 1.75 bits per heavy atom. The Kier molecular flexibility index (Phi) is 4.52. The quantitative estimate of drug-likeness (QED) is 0.907. The Balaban J connectivity index is 3.29. The first-order valence-electron chi connectivity index (χ1n) is 6.90. The van der Waals surface area contributed by atoms with Crippen LogP contribution < -0.4 is 4.74 Å². The van der Waals surface area contributed by atoms with Gasteiger partial charge in [0.25, 0.3) is 0 Å². The molecule has 0 fully saturated rings. The lowest BCUT2D eigenvalue weighted by Crippen LogP contribution is -2.26. The number of hydrogen-bond donors (Lipinski definition) is 1. The smallest absolute Gasteiger partial charge is 0.309 e. The molecule has 0 aliphatic carbocycles. The molecule has 20 heavy (non-hydrogen) atoms. The van der Waals surface area contributed by atoms with Crippen LogP contribution in [0.5, 0.6) is 5.75 Å². The second-order valence-corrected chi connectivity index (χ2v) is 7.09. The molecule has 0 atom stereocenters. The summed E-state index contributed by atoms with van der Waals surface area (Å²) in [4.78, 5) is 11.3. The molecule has 0 heterocycles. The van der Waals surface area contributed by atoms with Crippen LogP contribution >= 0.6 is 0 Å². The largest absolute Gasteiger partial charge is 0.496 e. The molecule has 1 aromatic carbocycles. The Labute approximate surface area is 122 Å². The average Bonchev–Trinajstić information content (AvgIpc) is 2.29. The molecule has 0 saturated heterocycles. The summed E-state index contributed by atoms with van der Waals surface area (Å²) < 4.78 is 5.50. The lowest BCUT2D eigenvalue weighted by atomic mass is 9.80. The fraction of sp³-hybridized carbons (Fsp3) is 0.588. The molecule has 1 rings (SSSR count). The fourth-order valence-corrected chi connectivity index (χ4v) is 2.23. The first-order valence-corrected chi connectivity index (χ1v) is 6.90. The summed E-state index contributed by atoms with van der Waals surface area (Å²) in [5.41, 5.74) is 2.51. The van der Waals surface area contributed by atoms with Crippen molar-refractivity contribution in [1.29, 1.82) is 0 Å². The highest BCUT2D eigenvalue weighted by Gasteiger charge is 2.29. The third-order valence-electron chi connectivity index (χ3n) is 3.68. The molecule has 0 aliphatic heterocycles. The standard InChI is InChI=1S/C17H26O3/c1-11-8-13(16(2,3)4)14(20-7)9-12(11)10-17(5,6)15(18)19/h8-9H,10H2,1-7H3,(H,18,19). The zero-order valence-electron chi connectivity index (χ0n) is 13.6. The summed E-state index contributed by atoms with van der Waals surface area (Å²) in [6.07, 6.45) is 0.495. The molecular weight excluding hydrogens is 252 g/mol. The Bertz CT molecular complexity index is 508. The van der Waals surface area contributed by atoms with E-state index in [1.54, 1.807) is 21.0 Å². The number of carbonyl (C=O) groups is 1. The van der Waals surface area contributed by atoms with Gasteiger partial charge in [-0.1, -0.05) is 26.8 Å². The number of carboxylic acid groups (broad SMARTS) is 1. The minimum Gasteiger partial charge on any atom is -0.496 e. The summed E-state index contributed by atoms with van der Waals surface area (Å²) in [5, 5.41) is 9.27. The molecule has 1 N–H and O–H groups in total. The maximum Gasteiger partial charge on any atom is 0.309 e. The van der Waals surface area contributed by atoms with E-state index in [1.807, 2.05) is 13.0 Å². The van der Waals surface area contributed by atoms with Crippen LogP contribution in [0.3, 0.4) is 0 Å². The van der Waals surface area contributed by atoms with Gasteiger partial charge >= 0.3 is 5.97 Å². The molecule has 0 bridgehead atoms. The predicted octanol–water partition coefficient (Wildman–Crippen LogP) is 3.95. The molecule has 0 radical (unpaired) electrons. The van der Waals surface area contributed by atoms with Crippen LogP contribution in [0.1, 0.15) is 51.3 Å². The van der Waals surface area contributed by atoms with Gasteiger partial charge in [0.05, 0.1) is 12.5 Å². The number of carboxylic acids is 1. The van der Waals surface area contributed by atoms with Crippen molar-refractivity contribution in [3.8, 4) is 5.75 Å². The summed E-state index contributed by atoms with van der Waals surface area (Å²) in [6, 6.07) is 4.10. The van der Waals surface area contributed by atoms with Gasteiger partial charge in [-0.2, -0.15) is 0 Å². The molecule has 3 heteroatoms. The molecule has 0 saturated carbocycles. The maximum absolute atomic E-state index is 11.3. The Morgan fingerprint density at radius 1 is 1.20 bits per heavy atom. The van der Waals surface area contributed by atoms with Gasteiger partial charge < -0.3 is 9.84 Å². The minimum atomic E-state index is -0.782. The monoisotopic (exact) mass is 278 g/mol. The third kappa shape index (κ3) is 3.53. The van der Waals surface area contributed by atoms with Crippen molar-refractivity contribution >= 4 is 5.97 Å². The van der Waals surface area contributed by atoms with Gasteiger partial charge in [0.15, 0.2) is 0 Å². The third-order valence-corrected chi connectivity index (χ3v) is 3.68. The van der Waals surface area contributed by atoms with E-state index in [1.165, 1.54) is 0 Å². The zero-order chi connectivity index (χ0) is 15.7. The van der Waals surface area contributed by atoms with E-state index in [4.69, 9.17) is 4.74 Å². The van der Waals surface area contributed by atoms with Crippen molar-refractivity contribution in [2.45, 2.75) is 53.4 Å². The fourth-order valence-electron chi connectivity index (χ4n) is 2.23. The van der Waals surface area contributed by atoms with Gasteiger partial charge in [0, 0.05) is 0 Å². The number of aryl methyl sites for hydroxylation is 1. The minimum absolute atomic E-state index is 0.00303. The highest BCUT2D eigenvalue weighted by molar-refractivity contribution is 5.74. The van der Waals surface area contributed by atoms with Crippen LogP contribution in [0.4, 0.5) is 0 Å². The van der Waals surface area contributed by atoms with Crippen LogP contribution in [0, 0.1) is 12.3 Å². The lowest BCUT2D eigenvalue weighted by Gasteiger charge is -2.26. The van der Waals surface area contributed by atoms with E-state index in [0.717, 1.165) is 22.4 Å². The van der Waals surface area contributed by atoms with Crippen molar-refractivity contribution in [2.75, 3.05) is 7.11 Å². The summed E-state index contributed by atoms with van der Waals surface area (Å²) in [7, 11) is 1.66. The number of aliphatic carboxylic acids is 1. The van der Waals surface area contributed by atoms with Crippen LogP contribution in [0.2, 0.25) is 0 Å². The van der Waals surface area contributed by atoms with Gasteiger partial charge in [-0.3, -0.25) is 4.79 Å². The number of rotatable bonds is 4. The van der Waals surface area contributed by atoms with Crippen LogP contribution in [0.25, 0.3) is 0 Å². The van der Waals surface area contributed by atoms with E-state index >= 15 is 0 Å². The van der Waals surface area contributed by atoms with Gasteiger partial charge in [0.2, 0.25) is 0 Å². The first-order chi connectivity index (χ1) is 8.99. The topological polar surface area (TPSA) is 46.5 Å². The number of ether oxygens (including phenoxy) is 1. The maximum atomic E-state index is 11.3. The van der Waals surface area contributed by atoms with E-state index in [9.17, 15) is 9.90 Å². The molecule has 3 nitrogen and oxygen atoms in total. The Hall–Kier alpha value is -1.51. The van der Waals surface area contributed by atoms with Crippen LogP contribution in [-0.2, 0) is 16.6 Å². The molecule has 0 aliphatic rings. The van der Waals surface area contributed by atoms with E-state index in [-0.39, 0.29) is 5.41 Å². The lowest BCUT2D eigenvalue weighted by molar-refractivity contribution is -0.146. The van der Waals surface area contributed by atoms with Crippen molar-refractivity contribution in [3.63, 3.8) is 0 Å². The van der Waals surface area contributed by atoms with Crippen molar-refractivity contribution in [1.82, 2.24) is 0 Å². The van der Waals surface area contributed by atoms with Gasteiger partial charge in [-0.25, -0.2) is 0 Å². The van der Waals surface area contributed by atoms with Gasteiger partial charge in [-0.05, 0) is 55.4 Å². The number of hydrogen-bond acceptors (Lipinski definition) is 2. The first kappa shape index (κ1) is 16.5. The zero-order valence-corrected chi connectivity index (χ0v) is 13.6. The summed E-state index contributed by atoms with van der Waals surface area (Å²) in [6.45, 7) is 12.0. The van der Waals surface area contributed by atoms with E-state index in [2.05, 4.69) is 26.8 Å². The average molecular weight is 278 g/mol. The second kappa shape index (κ2) is 5.47. The normalized spacial score (nSPS) is 12.3. The molecular formula is C17H26O3. The molecule has 0 amide bonds. The molecule has 0 spiro atoms. The highest BCUT2D eigenvalue weighted by Crippen LogP contribution is 2.35. The van der Waals surface area contributed by atoms with Crippen LogP contribution in [-0.4, -0.2) is 18.2 Å². The molecule has 0 unspecified atom stereocenters. The highest BCUT2D eigenvalue weighted by atomic mass is 16.5. The van der Waals surface area contributed by atoms with E-state index in [0.29, 0.717) is 6.42 Å².